The van der Waals surface area contributed by atoms with Crippen LogP contribution in [-0.2, 0) is 21.4 Å². The highest BCUT2D eigenvalue weighted by Gasteiger charge is 2.17. The van der Waals surface area contributed by atoms with Crippen molar-refractivity contribution < 1.29 is 22.5 Å². The smallest absolute Gasteiger partial charge is 0.338 e. The molecule has 0 saturated heterocycles. The third kappa shape index (κ3) is 5.11. The average Bonchev–Trinajstić information content (AvgIpc) is 3.21. The molecule has 0 fully saturated rings. The summed E-state index contributed by atoms with van der Waals surface area (Å²) >= 11 is 0. The van der Waals surface area contributed by atoms with Crippen molar-refractivity contribution in [1.29, 1.82) is 0 Å². The number of ether oxygens (including phenoxy) is 1. The molecule has 1 heterocycles. The highest BCUT2D eigenvalue weighted by molar-refractivity contribution is 7.89. The van der Waals surface area contributed by atoms with E-state index in [4.69, 9.17) is 9.26 Å². The predicted molar refractivity (Wildman–Crippen MR) is 110 cm³/mol. The van der Waals surface area contributed by atoms with Crippen LogP contribution in [0.4, 0.5) is 0 Å². The molecule has 1 N–H and O–H groups in total. The molecule has 158 valence electrons. The number of rotatable bonds is 8. The molecule has 0 spiro atoms. The molecule has 0 radical (unpaired) electrons. The Balaban J connectivity index is 1.66. The molecule has 9 heteroatoms. The quantitative estimate of drug-likeness (QED) is 0.545. The fourth-order valence-electron chi connectivity index (χ4n) is 2.72. The topological polar surface area (TPSA) is 111 Å². The number of benzene rings is 2. The Morgan fingerprint density at radius 3 is 2.57 bits per heavy atom. The standard InChI is InChI=1S/C21H23N3O5S/c1-4-22-30(26,27)18-7-5-6-17(12-18)21(25)28-13-19-23-20(24-29-19)16-10-8-15(9-11-16)14(2)3/h5-12,14,22H,4,13H2,1-3H3. The fraction of sp³-hybridized carbons (Fsp3) is 0.286. The molecule has 30 heavy (non-hydrogen) atoms. The fourth-order valence-corrected chi connectivity index (χ4v) is 3.81. The molecule has 0 aliphatic rings. The Hall–Kier alpha value is -3.04. The van der Waals surface area contributed by atoms with E-state index in [1.165, 1.54) is 29.8 Å². The van der Waals surface area contributed by atoms with Crippen LogP contribution in [0.5, 0.6) is 0 Å². The number of nitrogens with zero attached hydrogens (tertiary/aromatic N) is 2. The van der Waals surface area contributed by atoms with Crippen LogP contribution in [0.3, 0.4) is 0 Å². The van der Waals surface area contributed by atoms with E-state index < -0.39 is 16.0 Å². The van der Waals surface area contributed by atoms with Gasteiger partial charge in [0.05, 0.1) is 10.5 Å². The first kappa shape index (κ1) is 21.7. The zero-order chi connectivity index (χ0) is 21.7. The van der Waals surface area contributed by atoms with E-state index in [1.54, 1.807) is 6.92 Å². The van der Waals surface area contributed by atoms with Crippen molar-refractivity contribution in [3.05, 3.63) is 65.5 Å². The third-order valence-corrected chi connectivity index (χ3v) is 5.89. The Kier molecular flexibility index (Phi) is 6.63. The first-order valence-electron chi connectivity index (χ1n) is 9.50. The van der Waals surface area contributed by atoms with Gasteiger partial charge < -0.3 is 9.26 Å². The molecule has 0 unspecified atom stereocenters. The van der Waals surface area contributed by atoms with Gasteiger partial charge in [0.1, 0.15) is 0 Å². The average molecular weight is 429 g/mol. The molecule has 0 bridgehead atoms. The second kappa shape index (κ2) is 9.19. The molecule has 0 aliphatic heterocycles. The SMILES string of the molecule is CCNS(=O)(=O)c1cccc(C(=O)OCc2nc(-c3ccc(C(C)C)cc3)no2)c1. The van der Waals surface area contributed by atoms with Gasteiger partial charge in [-0.15, -0.1) is 0 Å². The van der Waals surface area contributed by atoms with E-state index in [9.17, 15) is 13.2 Å². The van der Waals surface area contributed by atoms with Crippen molar-refractivity contribution in [3.63, 3.8) is 0 Å². The molecule has 0 saturated carbocycles. The number of nitrogens with one attached hydrogen (secondary N) is 1. The van der Waals surface area contributed by atoms with Crippen molar-refractivity contribution in [1.82, 2.24) is 14.9 Å². The van der Waals surface area contributed by atoms with Crippen molar-refractivity contribution >= 4 is 16.0 Å². The van der Waals surface area contributed by atoms with Gasteiger partial charge in [0.15, 0.2) is 6.61 Å². The van der Waals surface area contributed by atoms with Gasteiger partial charge in [0.2, 0.25) is 15.8 Å². The lowest BCUT2D eigenvalue weighted by Gasteiger charge is -2.06. The zero-order valence-corrected chi connectivity index (χ0v) is 17.8. The lowest BCUT2D eigenvalue weighted by molar-refractivity contribution is 0.0429. The number of hydrogen-bond donors (Lipinski definition) is 1. The maximum atomic E-state index is 12.3. The minimum absolute atomic E-state index is 0.0104. The van der Waals surface area contributed by atoms with E-state index in [1.807, 2.05) is 24.3 Å². The summed E-state index contributed by atoms with van der Waals surface area (Å²) in [6.07, 6.45) is 0. The number of sulfonamides is 1. The van der Waals surface area contributed by atoms with Gasteiger partial charge in [0, 0.05) is 12.1 Å². The molecule has 3 rings (SSSR count). The summed E-state index contributed by atoms with van der Waals surface area (Å²) < 4.78 is 36.9. The first-order chi connectivity index (χ1) is 14.3. The van der Waals surface area contributed by atoms with Gasteiger partial charge >= 0.3 is 5.97 Å². The Labute approximate surface area is 175 Å². The van der Waals surface area contributed by atoms with Crippen LogP contribution in [-0.4, -0.2) is 31.1 Å². The van der Waals surface area contributed by atoms with Crippen LogP contribution in [0.25, 0.3) is 11.4 Å². The summed E-state index contributed by atoms with van der Waals surface area (Å²) in [7, 11) is -3.67. The molecular formula is C21H23N3O5S. The van der Waals surface area contributed by atoms with Crippen molar-refractivity contribution in [2.45, 2.75) is 38.2 Å². The van der Waals surface area contributed by atoms with E-state index >= 15 is 0 Å². The molecule has 3 aromatic rings. The number of carbonyl (C=O) groups excluding carboxylic acids is 1. The lowest BCUT2D eigenvalue weighted by Crippen LogP contribution is -2.23. The largest absolute Gasteiger partial charge is 0.452 e. The zero-order valence-electron chi connectivity index (χ0n) is 17.0. The van der Waals surface area contributed by atoms with Gasteiger partial charge in [0.25, 0.3) is 5.89 Å². The highest BCUT2D eigenvalue weighted by atomic mass is 32.2. The van der Waals surface area contributed by atoms with Crippen LogP contribution in [0, 0.1) is 0 Å². The number of aromatic nitrogens is 2. The molecule has 2 aromatic carbocycles. The van der Waals surface area contributed by atoms with Crippen LogP contribution in [0.2, 0.25) is 0 Å². The van der Waals surface area contributed by atoms with E-state index in [-0.39, 0.29) is 29.5 Å². The van der Waals surface area contributed by atoms with E-state index in [2.05, 4.69) is 28.7 Å². The molecule has 0 amide bonds. The van der Waals surface area contributed by atoms with Gasteiger partial charge in [-0.2, -0.15) is 4.98 Å². The van der Waals surface area contributed by atoms with Crippen LogP contribution < -0.4 is 4.72 Å². The Bertz CT molecular complexity index is 1120. The van der Waals surface area contributed by atoms with Crippen molar-refractivity contribution in [2.24, 2.45) is 0 Å². The van der Waals surface area contributed by atoms with Crippen LogP contribution in [0.1, 0.15) is 48.5 Å². The first-order valence-corrected chi connectivity index (χ1v) is 11.0. The second-order valence-electron chi connectivity index (χ2n) is 6.89. The molecule has 0 atom stereocenters. The van der Waals surface area contributed by atoms with Gasteiger partial charge in [-0.3, -0.25) is 0 Å². The lowest BCUT2D eigenvalue weighted by atomic mass is 10.0. The van der Waals surface area contributed by atoms with Crippen LogP contribution >= 0.6 is 0 Å². The number of carbonyl (C=O) groups is 1. The predicted octanol–water partition coefficient (Wildman–Crippen LogP) is 3.52. The van der Waals surface area contributed by atoms with E-state index in [0.717, 1.165) is 5.56 Å². The highest BCUT2D eigenvalue weighted by Crippen LogP contribution is 2.21. The van der Waals surface area contributed by atoms with Crippen LogP contribution in [0.15, 0.2) is 57.9 Å². The number of esters is 1. The summed E-state index contributed by atoms with van der Waals surface area (Å²) in [5.41, 5.74) is 2.11. The monoisotopic (exact) mass is 429 g/mol. The summed E-state index contributed by atoms with van der Waals surface area (Å²) in [4.78, 5) is 16.5. The number of hydrogen-bond acceptors (Lipinski definition) is 7. The normalized spacial score (nSPS) is 11.6. The van der Waals surface area contributed by atoms with Gasteiger partial charge in [-0.1, -0.05) is 56.3 Å². The minimum atomic E-state index is -3.67. The minimum Gasteiger partial charge on any atom is -0.452 e. The molecule has 1 aromatic heterocycles. The van der Waals surface area contributed by atoms with Gasteiger partial charge in [-0.25, -0.2) is 17.9 Å². The van der Waals surface area contributed by atoms with Crippen molar-refractivity contribution in [3.8, 4) is 11.4 Å². The summed E-state index contributed by atoms with van der Waals surface area (Å²) in [5, 5.41) is 3.91. The second-order valence-corrected chi connectivity index (χ2v) is 8.66. The summed E-state index contributed by atoms with van der Waals surface area (Å²) in [6.45, 7) is 5.92. The summed E-state index contributed by atoms with van der Waals surface area (Å²) in [6, 6.07) is 13.4. The Morgan fingerprint density at radius 1 is 1.17 bits per heavy atom. The van der Waals surface area contributed by atoms with Gasteiger partial charge in [-0.05, 0) is 29.7 Å². The maximum Gasteiger partial charge on any atom is 0.338 e. The molecule has 0 aliphatic carbocycles. The van der Waals surface area contributed by atoms with Crippen molar-refractivity contribution in [2.75, 3.05) is 6.54 Å². The maximum absolute atomic E-state index is 12.3. The van der Waals surface area contributed by atoms with E-state index in [0.29, 0.717) is 11.7 Å². The summed E-state index contributed by atoms with van der Waals surface area (Å²) in [5.74, 6) is 0.271. The Morgan fingerprint density at radius 2 is 1.90 bits per heavy atom. The third-order valence-electron chi connectivity index (χ3n) is 4.34. The molecule has 8 nitrogen and oxygen atoms in total. The molecular weight excluding hydrogens is 406 g/mol.